The lowest BCUT2D eigenvalue weighted by atomic mass is 9.95. The lowest BCUT2D eigenvalue weighted by Crippen LogP contribution is -2.48. The normalized spacial score (nSPS) is 11.7. The summed E-state index contributed by atoms with van der Waals surface area (Å²) in [7, 11) is 0. The highest BCUT2D eigenvalue weighted by atomic mass is 35.5. The summed E-state index contributed by atoms with van der Waals surface area (Å²) in [5, 5.41) is 43.7. The van der Waals surface area contributed by atoms with Crippen LogP contribution in [-0.4, -0.2) is 67.1 Å². The number of rotatable bonds is 9. The Balaban J connectivity index is 0. The molecule has 0 aliphatic heterocycles. The summed E-state index contributed by atoms with van der Waals surface area (Å²) in [6.07, 6.45) is -6.13. The SMILES string of the molecule is Cl.O=C(O)CC(O)C(=O)OC(CC(=O)O)(CC(=O)O)C(=O)O. The molecule has 1 unspecified atom stereocenters. The molecule has 0 heterocycles. The molecular formula is C10H13ClO11. The van der Waals surface area contributed by atoms with Gasteiger partial charge in [-0.2, -0.15) is 0 Å². The average molecular weight is 345 g/mol. The van der Waals surface area contributed by atoms with E-state index in [0.717, 1.165) is 0 Å². The van der Waals surface area contributed by atoms with E-state index < -0.39 is 60.8 Å². The maximum atomic E-state index is 11.4. The van der Waals surface area contributed by atoms with Gasteiger partial charge in [0.2, 0.25) is 5.60 Å². The van der Waals surface area contributed by atoms with Crippen LogP contribution >= 0.6 is 12.4 Å². The van der Waals surface area contributed by atoms with Crippen molar-refractivity contribution in [1.29, 1.82) is 0 Å². The van der Waals surface area contributed by atoms with Crippen molar-refractivity contribution in [3.8, 4) is 0 Å². The van der Waals surface area contributed by atoms with Gasteiger partial charge in [-0.3, -0.25) is 14.4 Å². The second-order valence-electron chi connectivity index (χ2n) is 3.98. The standard InChI is InChI=1S/C10H12O11.ClH/c11-4(1-5(12)13)8(18)21-10(9(19)20,2-6(14)15)3-7(16)17;/h4,11H,1-3H2,(H,12,13)(H,14,15)(H,16,17)(H,19,20);1H. The van der Waals surface area contributed by atoms with Gasteiger partial charge in [-0.05, 0) is 0 Å². The number of aliphatic carboxylic acids is 4. The minimum atomic E-state index is -2.95. The number of ether oxygens (including phenoxy) is 1. The summed E-state index contributed by atoms with van der Waals surface area (Å²) in [5.41, 5.74) is -2.95. The summed E-state index contributed by atoms with van der Waals surface area (Å²) in [6.45, 7) is 0. The number of carboxylic acids is 4. The predicted octanol–water partition coefficient (Wildman–Crippen LogP) is -1.44. The van der Waals surface area contributed by atoms with Gasteiger partial charge in [-0.15, -0.1) is 12.4 Å². The summed E-state index contributed by atoms with van der Waals surface area (Å²) in [6, 6.07) is 0. The van der Waals surface area contributed by atoms with Crippen LogP contribution in [0.15, 0.2) is 0 Å². The van der Waals surface area contributed by atoms with E-state index in [1.54, 1.807) is 0 Å². The molecule has 0 aliphatic rings. The minimum Gasteiger partial charge on any atom is -0.481 e. The Morgan fingerprint density at radius 1 is 0.864 bits per heavy atom. The third-order valence-corrected chi connectivity index (χ3v) is 2.20. The molecule has 0 fully saturated rings. The fourth-order valence-corrected chi connectivity index (χ4v) is 1.33. The molecule has 0 radical (unpaired) electrons. The van der Waals surface area contributed by atoms with Crippen molar-refractivity contribution in [3.05, 3.63) is 0 Å². The van der Waals surface area contributed by atoms with E-state index >= 15 is 0 Å². The largest absolute Gasteiger partial charge is 0.481 e. The first-order valence-electron chi connectivity index (χ1n) is 5.30. The van der Waals surface area contributed by atoms with Crippen LogP contribution in [0.4, 0.5) is 0 Å². The highest BCUT2D eigenvalue weighted by Gasteiger charge is 2.48. The third-order valence-electron chi connectivity index (χ3n) is 2.20. The Morgan fingerprint density at radius 2 is 1.27 bits per heavy atom. The smallest absolute Gasteiger partial charge is 0.349 e. The fourth-order valence-electron chi connectivity index (χ4n) is 1.33. The monoisotopic (exact) mass is 344 g/mol. The van der Waals surface area contributed by atoms with E-state index in [4.69, 9.17) is 25.5 Å². The molecule has 1 atom stereocenters. The van der Waals surface area contributed by atoms with Crippen LogP contribution in [0, 0.1) is 0 Å². The molecule has 126 valence electrons. The van der Waals surface area contributed by atoms with Gasteiger partial charge in [0.15, 0.2) is 6.10 Å². The first-order chi connectivity index (χ1) is 9.50. The topological polar surface area (TPSA) is 196 Å². The van der Waals surface area contributed by atoms with E-state index in [1.165, 1.54) is 0 Å². The molecule has 22 heavy (non-hydrogen) atoms. The molecule has 0 saturated heterocycles. The predicted molar refractivity (Wildman–Crippen MR) is 66.5 cm³/mol. The van der Waals surface area contributed by atoms with Crippen molar-refractivity contribution in [2.45, 2.75) is 31.0 Å². The lowest BCUT2D eigenvalue weighted by Gasteiger charge is -2.27. The zero-order valence-electron chi connectivity index (χ0n) is 10.8. The highest BCUT2D eigenvalue weighted by molar-refractivity contribution is 5.91. The number of carbonyl (C=O) groups excluding carboxylic acids is 1. The van der Waals surface area contributed by atoms with Crippen LogP contribution in [0.25, 0.3) is 0 Å². The molecule has 0 aromatic carbocycles. The van der Waals surface area contributed by atoms with E-state index in [2.05, 4.69) is 4.74 Å². The first-order valence-corrected chi connectivity index (χ1v) is 5.30. The van der Waals surface area contributed by atoms with Crippen molar-refractivity contribution >= 4 is 42.3 Å². The van der Waals surface area contributed by atoms with Crippen molar-refractivity contribution in [1.82, 2.24) is 0 Å². The number of carboxylic acid groups (broad SMARTS) is 4. The van der Waals surface area contributed by atoms with Gasteiger partial charge >= 0.3 is 29.8 Å². The number of hydrogen-bond acceptors (Lipinski definition) is 7. The van der Waals surface area contributed by atoms with E-state index in [1.807, 2.05) is 0 Å². The van der Waals surface area contributed by atoms with Gasteiger partial charge in [0.1, 0.15) is 0 Å². The minimum absolute atomic E-state index is 0. The lowest BCUT2D eigenvalue weighted by molar-refractivity contribution is -0.191. The van der Waals surface area contributed by atoms with E-state index in [0.29, 0.717) is 0 Å². The molecule has 11 nitrogen and oxygen atoms in total. The Labute approximate surface area is 128 Å². The van der Waals surface area contributed by atoms with Crippen molar-refractivity contribution in [2.75, 3.05) is 0 Å². The summed E-state index contributed by atoms with van der Waals surface area (Å²) in [5.74, 6) is -8.93. The zero-order valence-corrected chi connectivity index (χ0v) is 11.6. The molecular weight excluding hydrogens is 332 g/mol. The van der Waals surface area contributed by atoms with Crippen LogP contribution in [0.2, 0.25) is 0 Å². The molecule has 0 aliphatic carbocycles. The Kier molecular flexibility index (Phi) is 8.75. The Morgan fingerprint density at radius 3 is 1.55 bits per heavy atom. The summed E-state index contributed by atoms with van der Waals surface area (Å²) < 4.78 is 4.27. The maximum absolute atomic E-state index is 11.4. The third kappa shape index (κ3) is 6.85. The van der Waals surface area contributed by atoms with Crippen molar-refractivity contribution < 1.29 is 54.2 Å². The van der Waals surface area contributed by atoms with Crippen LogP contribution < -0.4 is 0 Å². The summed E-state index contributed by atoms with van der Waals surface area (Å²) in [4.78, 5) is 54.0. The molecule has 0 saturated carbocycles. The molecule has 0 bridgehead atoms. The zero-order chi connectivity index (χ0) is 16.8. The van der Waals surface area contributed by atoms with Crippen LogP contribution in [0.1, 0.15) is 19.3 Å². The number of esters is 1. The number of aliphatic hydroxyl groups excluding tert-OH is 1. The first kappa shape index (κ1) is 21.9. The van der Waals surface area contributed by atoms with Crippen molar-refractivity contribution in [3.63, 3.8) is 0 Å². The van der Waals surface area contributed by atoms with Gasteiger partial charge in [0, 0.05) is 0 Å². The molecule has 0 aromatic heterocycles. The number of carbonyl (C=O) groups is 5. The van der Waals surface area contributed by atoms with Crippen LogP contribution in [0.3, 0.4) is 0 Å². The van der Waals surface area contributed by atoms with Gasteiger partial charge in [0.25, 0.3) is 0 Å². The summed E-state index contributed by atoms with van der Waals surface area (Å²) >= 11 is 0. The number of hydrogen-bond donors (Lipinski definition) is 5. The quantitative estimate of drug-likeness (QED) is 0.307. The number of aliphatic hydroxyl groups is 1. The van der Waals surface area contributed by atoms with Crippen LogP contribution in [-0.2, 0) is 28.7 Å². The van der Waals surface area contributed by atoms with E-state index in [-0.39, 0.29) is 12.4 Å². The second-order valence-corrected chi connectivity index (χ2v) is 3.98. The van der Waals surface area contributed by atoms with Gasteiger partial charge in [-0.1, -0.05) is 0 Å². The Hall–Kier alpha value is -2.40. The van der Waals surface area contributed by atoms with Crippen molar-refractivity contribution in [2.24, 2.45) is 0 Å². The van der Waals surface area contributed by atoms with Gasteiger partial charge < -0.3 is 30.3 Å². The van der Waals surface area contributed by atoms with Crippen LogP contribution in [0.5, 0.6) is 0 Å². The Bertz CT molecular complexity index is 455. The molecule has 0 rings (SSSR count). The highest BCUT2D eigenvalue weighted by Crippen LogP contribution is 2.23. The average Bonchev–Trinajstić information content (AvgIpc) is 2.25. The molecule has 0 aromatic rings. The molecule has 0 amide bonds. The van der Waals surface area contributed by atoms with Gasteiger partial charge in [0.05, 0.1) is 19.3 Å². The number of halogens is 1. The fraction of sp³-hybridized carbons (Fsp3) is 0.500. The van der Waals surface area contributed by atoms with Gasteiger partial charge in [-0.25, -0.2) is 9.59 Å². The molecule has 5 N–H and O–H groups in total. The molecule has 12 heteroatoms. The molecule has 0 spiro atoms. The maximum Gasteiger partial charge on any atom is 0.349 e. The second kappa shape index (κ2) is 8.79. The van der Waals surface area contributed by atoms with E-state index in [9.17, 15) is 24.0 Å².